The summed E-state index contributed by atoms with van der Waals surface area (Å²) in [5.41, 5.74) is 6.94. The van der Waals surface area contributed by atoms with E-state index in [1.165, 1.54) is 22.9 Å². The lowest BCUT2D eigenvalue weighted by Gasteiger charge is -2.10. The molecule has 1 amide bonds. The predicted octanol–water partition coefficient (Wildman–Crippen LogP) is 2.71. The molecule has 4 N–H and O–H groups in total. The maximum atomic E-state index is 12.3. The Bertz CT molecular complexity index is 885. The summed E-state index contributed by atoms with van der Waals surface area (Å²) < 4.78 is 41.8. The van der Waals surface area contributed by atoms with E-state index in [-0.39, 0.29) is 23.6 Å². The molecule has 1 aromatic heterocycles. The van der Waals surface area contributed by atoms with Gasteiger partial charge in [0.05, 0.1) is 29.2 Å². The number of nitrogens with two attached hydrogens (primary N) is 1. The average Bonchev–Trinajstić information content (AvgIpc) is 2.94. The quantitative estimate of drug-likeness (QED) is 0.508. The number of nitrogen functional groups attached to an aromatic ring is 1. The third kappa shape index (κ3) is 4.75. The molecule has 0 atom stereocenters. The Hall–Kier alpha value is -3.56. The maximum absolute atomic E-state index is 12.3. The van der Waals surface area contributed by atoms with Crippen LogP contribution in [0.15, 0.2) is 49.6 Å². The van der Waals surface area contributed by atoms with Crippen LogP contribution in [0.5, 0.6) is 5.75 Å². The van der Waals surface area contributed by atoms with Crippen molar-refractivity contribution in [2.24, 2.45) is 0 Å². The molecular formula is C17H16F3N5O2. The Kier molecular flexibility index (Phi) is 5.69. The van der Waals surface area contributed by atoms with Crippen LogP contribution in [-0.4, -0.2) is 27.8 Å². The largest absolute Gasteiger partial charge is 0.573 e. The van der Waals surface area contributed by atoms with Crippen molar-refractivity contribution in [2.45, 2.75) is 12.9 Å². The van der Waals surface area contributed by atoms with Gasteiger partial charge in [-0.05, 0) is 36.4 Å². The SMILES string of the molecule is C=CC(=N)c1c(CNC(=O)C=C)nn(-c2ccc(OC(F)(F)F)cc2)c1N. The first-order chi connectivity index (χ1) is 12.7. The number of carbonyl (C=O) groups is 1. The number of rotatable bonds is 7. The van der Waals surface area contributed by atoms with E-state index in [9.17, 15) is 18.0 Å². The minimum atomic E-state index is -4.80. The first kappa shape index (κ1) is 19.8. The number of benzene rings is 1. The van der Waals surface area contributed by atoms with Crippen molar-refractivity contribution >= 4 is 17.4 Å². The summed E-state index contributed by atoms with van der Waals surface area (Å²) in [7, 11) is 0. The van der Waals surface area contributed by atoms with Gasteiger partial charge in [-0.3, -0.25) is 4.79 Å². The lowest BCUT2D eigenvalue weighted by atomic mass is 10.1. The highest BCUT2D eigenvalue weighted by molar-refractivity contribution is 6.10. The molecular weight excluding hydrogens is 363 g/mol. The second-order valence-corrected chi connectivity index (χ2v) is 5.20. The monoisotopic (exact) mass is 379 g/mol. The van der Waals surface area contributed by atoms with Crippen molar-refractivity contribution in [3.05, 3.63) is 60.8 Å². The number of nitrogens with one attached hydrogen (secondary N) is 2. The Balaban J connectivity index is 2.40. The molecule has 2 aromatic rings. The highest BCUT2D eigenvalue weighted by Crippen LogP contribution is 2.26. The van der Waals surface area contributed by atoms with Gasteiger partial charge in [-0.25, -0.2) is 4.68 Å². The van der Waals surface area contributed by atoms with Crippen LogP contribution in [0.4, 0.5) is 19.0 Å². The molecule has 1 heterocycles. The van der Waals surface area contributed by atoms with Crippen molar-refractivity contribution in [3.63, 3.8) is 0 Å². The number of allylic oxidation sites excluding steroid dienone is 1. The number of nitrogens with zero attached hydrogens (tertiary/aromatic N) is 2. The summed E-state index contributed by atoms with van der Waals surface area (Å²) in [6.07, 6.45) is -2.45. The van der Waals surface area contributed by atoms with Gasteiger partial charge in [-0.15, -0.1) is 13.2 Å². The minimum absolute atomic E-state index is 0.0152. The van der Waals surface area contributed by atoms with Gasteiger partial charge in [0.1, 0.15) is 11.6 Å². The molecule has 0 radical (unpaired) electrons. The van der Waals surface area contributed by atoms with Crippen molar-refractivity contribution in [1.82, 2.24) is 15.1 Å². The van der Waals surface area contributed by atoms with E-state index >= 15 is 0 Å². The van der Waals surface area contributed by atoms with E-state index in [0.717, 1.165) is 18.2 Å². The molecule has 0 aliphatic heterocycles. The van der Waals surface area contributed by atoms with E-state index in [0.29, 0.717) is 11.4 Å². The molecule has 10 heteroatoms. The van der Waals surface area contributed by atoms with Gasteiger partial charge >= 0.3 is 6.36 Å². The van der Waals surface area contributed by atoms with Gasteiger partial charge in [0, 0.05) is 0 Å². The van der Waals surface area contributed by atoms with Crippen molar-refractivity contribution in [1.29, 1.82) is 5.41 Å². The smallest absolute Gasteiger partial charge is 0.406 e. The fourth-order valence-electron chi connectivity index (χ4n) is 2.23. The van der Waals surface area contributed by atoms with Crippen LogP contribution in [0.3, 0.4) is 0 Å². The van der Waals surface area contributed by atoms with Crippen LogP contribution in [0, 0.1) is 5.41 Å². The van der Waals surface area contributed by atoms with E-state index in [1.807, 2.05) is 0 Å². The van der Waals surface area contributed by atoms with Gasteiger partial charge < -0.3 is 21.2 Å². The molecule has 0 saturated carbocycles. The minimum Gasteiger partial charge on any atom is -0.406 e. The number of hydrogen-bond acceptors (Lipinski definition) is 5. The Morgan fingerprint density at radius 2 is 1.93 bits per heavy atom. The first-order valence-corrected chi connectivity index (χ1v) is 7.51. The van der Waals surface area contributed by atoms with E-state index in [1.54, 1.807) is 0 Å². The Morgan fingerprint density at radius 3 is 2.44 bits per heavy atom. The van der Waals surface area contributed by atoms with Crippen LogP contribution in [0.25, 0.3) is 5.69 Å². The van der Waals surface area contributed by atoms with Crippen molar-refractivity contribution in [2.75, 3.05) is 5.73 Å². The number of ether oxygens (including phenoxy) is 1. The number of anilines is 1. The molecule has 0 aliphatic carbocycles. The fourth-order valence-corrected chi connectivity index (χ4v) is 2.23. The van der Waals surface area contributed by atoms with E-state index < -0.39 is 18.0 Å². The number of alkyl halides is 3. The van der Waals surface area contributed by atoms with Crippen LogP contribution < -0.4 is 15.8 Å². The fraction of sp³-hybridized carbons (Fsp3) is 0.118. The first-order valence-electron chi connectivity index (χ1n) is 7.51. The predicted molar refractivity (Wildman–Crippen MR) is 93.7 cm³/mol. The molecule has 27 heavy (non-hydrogen) atoms. The summed E-state index contributed by atoms with van der Waals surface area (Å²) in [6.45, 7) is 6.83. The molecule has 142 valence electrons. The van der Waals surface area contributed by atoms with Crippen LogP contribution in [-0.2, 0) is 11.3 Å². The summed E-state index contributed by atoms with van der Waals surface area (Å²) in [6, 6.07) is 4.89. The molecule has 0 saturated heterocycles. The van der Waals surface area contributed by atoms with E-state index in [4.69, 9.17) is 11.1 Å². The van der Waals surface area contributed by atoms with Crippen LogP contribution in [0.2, 0.25) is 0 Å². The maximum Gasteiger partial charge on any atom is 0.573 e. The second-order valence-electron chi connectivity index (χ2n) is 5.20. The van der Waals surface area contributed by atoms with Crippen molar-refractivity contribution in [3.8, 4) is 11.4 Å². The van der Waals surface area contributed by atoms with E-state index in [2.05, 4.69) is 28.3 Å². The number of halogens is 3. The van der Waals surface area contributed by atoms with Gasteiger partial charge in [-0.1, -0.05) is 13.2 Å². The normalized spacial score (nSPS) is 10.9. The van der Waals surface area contributed by atoms with Crippen LogP contribution >= 0.6 is 0 Å². The molecule has 1 aromatic carbocycles. The standard InChI is InChI=1S/C17H16F3N5O2/c1-3-12(21)15-13(9-23-14(26)4-2)24-25(16(15)22)10-5-7-11(8-6-10)27-17(18,19)20/h3-8,21H,1-2,9,22H2,(H,23,26). The lowest BCUT2D eigenvalue weighted by molar-refractivity contribution is -0.274. The number of hydrogen-bond donors (Lipinski definition) is 3. The number of aromatic nitrogens is 2. The third-order valence-corrected chi connectivity index (χ3v) is 3.40. The van der Waals surface area contributed by atoms with Crippen LogP contribution in [0.1, 0.15) is 11.3 Å². The van der Waals surface area contributed by atoms with Gasteiger partial charge in [0.25, 0.3) is 0 Å². The number of carbonyl (C=O) groups excluding carboxylic acids is 1. The molecule has 0 spiro atoms. The second kappa shape index (κ2) is 7.77. The van der Waals surface area contributed by atoms with Gasteiger partial charge in [0.2, 0.25) is 5.91 Å². The topological polar surface area (TPSA) is 106 Å². The molecule has 0 unspecified atom stereocenters. The average molecular weight is 379 g/mol. The summed E-state index contributed by atoms with van der Waals surface area (Å²) in [5.74, 6) is -0.755. The summed E-state index contributed by atoms with van der Waals surface area (Å²) in [4.78, 5) is 11.4. The molecule has 0 bridgehead atoms. The highest BCUT2D eigenvalue weighted by atomic mass is 19.4. The molecule has 2 rings (SSSR count). The Morgan fingerprint density at radius 1 is 1.30 bits per heavy atom. The van der Waals surface area contributed by atoms with Gasteiger partial charge in [-0.2, -0.15) is 5.10 Å². The van der Waals surface area contributed by atoms with Crippen molar-refractivity contribution < 1.29 is 22.7 Å². The molecule has 0 aliphatic rings. The zero-order chi connectivity index (χ0) is 20.2. The summed E-state index contributed by atoms with van der Waals surface area (Å²) in [5, 5.41) is 14.8. The number of amides is 1. The third-order valence-electron chi connectivity index (χ3n) is 3.40. The zero-order valence-electron chi connectivity index (χ0n) is 14.0. The zero-order valence-corrected chi connectivity index (χ0v) is 14.0. The highest BCUT2D eigenvalue weighted by Gasteiger charge is 2.31. The Labute approximate surface area is 152 Å². The van der Waals surface area contributed by atoms with Gasteiger partial charge in [0.15, 0.2) is 0 Å². The summed E-state index contributed by atoms with van der Waals surface area (Å²) >= 11 is 0. The molecule has 0 fully saturated rings. The lowest BCUT2D eigenvalue weighted by Crippen LogP contribution is -2.21. The molecule has 7 nitrogen and oxygen atoms in total.